The highest BCUT2D eigenvalue weighted by atomic mass is 15.1. The molecule has 0 fully saturated rings. The Kier molecular flexibility index (Phi) is 6.53. The molecule has 19 heavy (non-hydrogen) atoms. The standard InChI is InChI=1S/C17H30N2/c1-13(2)16-7-6-15(4)17(10-16)8-9-19(5)12-14(3)11-18/h6-7,10,13-14H,8-9,11-12,18H2,1-5H3. The first-order chi connectivity index (χ1) is 8.93. The Morgan fingerprint density at radius 2 is 1.89 bits per heavy atom. The van der Waals surface area contributed by atoms with E-state index >= 15 is 0 Å². The van der Waals surface area contributed by atoms with Gasteiger partial charge in [-0.2, -0.15) is 0 Å². The van der Waals surface area contributed by atoms with Crippen molar-refractivity contribution in [2.45, 2.75) is 40.0 Å². The highest BCUT2D eigenvalue weighted by Crippen LogP contribution is 2.19. The van der Waals surface area contributed by atoms with Gasteiger partial charge in [-0.15, -0.1) is 0 Å². The third-order valence-corrected chi connectivity index (χ3v) is 3.83. The summed E-state index contributed by atoms with van der Waals surface area (Å²) in [6, 6.07) is 6.89. The van der Waals surface area contributed by atoms with Crippen molar-refractivity contribution >= 4 is 0 Å². The van der Waals surface area contributed by atoms with Crippen LogP contribution >= 0.6 is 0 Å². The summed E-state index contributed by atoms with van der Waals surface area (Å²) in [7, 11) is 2.19. The van der Waals surface area contributed by atoms with E-state index in [4.69, 9.17) is 5.73 Å². The average Bonchev–Trinajstić information content (AvgIpc) is 2.37. The van der Waals surface area contributed by atoms with E-state index < -0.39 is 0 Å². The Morgan fingerprint density at radius 1 is 1.21 bits per heavy atom. The smallest absolute Gasteiger partial charge is 0.00190 e. The van der Waals surface area contributed by atoms with Crippen molar-refractivity contribution in [1.29, 1.82) is 0 Å². The molecule has 0 bridgehead atoms. The summed E-state index contributed by atoms with van der Waals surface area (Å²) < 4.78 is 0. The molecule has 1 rings (SSSR count). The van der Waals surface area contributed by atoms with Gasteiger partial charge >= 0.3 is 0 Å². The van der Waals surface area contributed by atoms with Crippen LogP contribution in [0.15, 0.2) is 18.2 Å². The number of nitrogens with zero attached hydrogens (tertiary/aromatic N) is 1. The molecule has 1 aromatic rings. The molecule has 0 aliphatic carbocycles. The minimum Gasteiger partial charge on any atom is -0.330 e. The van der Waals surface area contributed by atoms with Crippen molar-refractivity contribution in [2.75, 3.05) is 26.7 Å². The molecule has 0 heterocycles. The number of hydrogen-bond donors (Lipinski definition) is 1. The van der Waals surface area contributed by atoms with Crippen molar-refractivity contribution in [3.8, 4) is 0 Å². The minimum absolute atomic E-state index is 0.577. The van der Waals surface area contributed by atoms with Gasteiger partial charge in [0, 0.05) is 13.1 Å². The summed E-state index contributed by atoms with van der Waals surface area (Å²) in [4.78, 5) is 2.39. The van der Waals surface area contributed by atoms with E-state index in [1.165, 1.54) is 16.7 Å². The predicted molar refractivity (Wildman–Crippen MR) is 84.7 cm³/mol. The quantitative estimate of drug-likeness (QED) is 0.817. The van der Waals surface area contributed by atoms with Crippen LogP contribution in [0.3, 0.4) is 0 Å². The zero-order chi connectivity index (χ0) is 14.4. The van der Waals surface area contributed by atoms with E-state index in [1.54, 1.807) is 0 Å². The van der Waals surface area contributed by atoms with E-state index in [-0.39, 0.29) is 0 Å². The summed E-state index contributed by atoms with van der Waals surface area (Å²) in [6.45, 7) is 11.9. The second-order valence-corrected chi connectivity index (χ2v) is 6.19. The lowest BCUT2D eigenvalue weighted by Gasteiger charge is -2.21. The van der Waals surface area contributed by atoms with E-state index in [2.05, 4.69) is 57.8 Å². The second-order valence-electron chi connectivity index (χ2n) is 6.19. The average molecular weight is 262 g/mol. The molecule has 0 saturated carbocycles. The fourth-order valence-corrected chi connectivity index (χ4v) is 2.33. The molecule has 1 atom stereocenters. The monoisotopic (exact) mass is 262 g/mol. The third-order valence-electron chi connectivity index (χ3n) is 3.83. The fourth-order valence-electron chi connectivity index (χ4n) is 2.33. The first-order valence-electron chi connectivity index (χ1n) is 7.42. The Hall–Kier alpha value is -0.860. The number of aryl methyl sites for hydroxylation is 1. The molecule has 0 spiro atoms. The van der Waals surface area contributed by atoms with Crippen LogP contribution in [0.1, 0.15) is 43.4 Å². The van der Waals surface area contributed by atoms with Crippen LogP contribution in [0.25, 0.3) is 0 Å². The molecular formula is C17H30N2. The summed E-state index contributed by atoms with van der Waals surface area (Å²) in [5.74, 6) is 1.18. The van der Waals surface area contributed by atoms with Gasteiger partial charge in [0.05, 0.1) is 0 Å². The largest absolute Gasteiger partial charge is 0.330 e. The molecule has 0 aromatic heterocycles. The van der Waals surface area contributed by atoms with Gasteiger partial charge in [0.15, 0.2) is 0 Å². The number of likely N-dealkylation sites (N-methyl/N-ethyl adjacent to an activating group) is 1. The molecule has 2 N–H and O–H groups in total. The Morgan fingerprint density at radius 3 is 2.47 bits per heavy atom. The normalized spacial score (nSPS) is 13.3. The van der Waals surface area contributed by atoms with Gasteiger partial charge in [-0.25, -0.2) is 0 Å². The lowest BCUT2D eigenvalue weighted by molar-refractivity contribution is 0.292. The number of hydrogen-bond acceptors (Lipinski definition) is 2. The van der Waals surface area contributed by atoms with Gasteiger partial charge < -0.3 is 10.6 Å². The van der Waals surface area contributed by atoms with E-state index in [9.17, 15) is 0 Å². The second kappa shape index (κ2) is 7.66. The van der Waals surface area contributed by atoms with Gasteiger partial charge in [0.1, 0.15) is 0 Å². The maximum atomic E-state index is 5.68. The lowest BCUT2D eigenvalue weighted by atomic mass is 9.96. The van der Waals surface area contributed by atoms with E-state index in [0.29, 0.717) is 11.8 Å². The van der Waals surface area contributed by atoms with Crippen molar-refractivity contribution in [1.82, 2.24) is 4.90 Å². The van der Waals surface area contributed by atoms with Crippen LogP contribution in [-0.2, 0) is 6.42 Å². The number of rotatable bonds is 7. The maximum absolute atomic E-state index is 5.68. The SMILES string of the molecule is Cc1ccc(C(C)C)cc1CCN(C)CC(C)CN. The highest BCUT2D eigenvalue weighted by molar-refractivity contribution is 5.32. The van der Waals surface area contributed by atoms with Crippen molar-refractivity contribution < 1.29 is 0 Å². The zero-order valence-corrected chi connectivity index (χ0v) is 13.2. The molecule has 0 aliphatic heterocycles. The molecule has 2 heteroatoms. The molecule has 1 unspecified atom stereocenters. The zero-order valence-electron chi connectivity index (χ0n) is 13.2. The van der Waals surface area contributed by atoms with Crippen LogP contribution in [0.2, 0.25) is 0 Å². The van der Waals surface area contributed by atoms with E-state index in [0.717, 1.165) is 26.1 Å². The van der Waals surface area contributed by atoms with Crippen LogP contribution in [-0.4, -0.2) is 31.6 Å². The molecule has 0 aliphatic rings. The maximum Gasteiger partial charge on any atom is 0.00190 e. The highest BCUT2D eigenvalue weighted by Gasteiger charge is 2.07. The molecule has 108 valence electrons. The molecule has 0 saturated heterocycles. The molecular weight excluding hydrogens is 232 g/mol. The Balaban J connectivity index is 2.59. The Labute approximate surface area is 119 Å². The van der Waals surface area contributed by atoms with Crippen LogP contribution in [0.5, 0.6) is 0 Å². The summed E-state index contributed by atoms with van der Waals surface area (Å²) in [5, 5.41) is 0. The first-order valence-corrected chi connectivity index (χ1v) is 7.42. The van der Waals surface area contributed by atoms with Gasteiger partial charge in [-0.1, -0.05) is 39.0 Å². The summed E-state index contributed by atoms with van der Waals surface area (Å²) in [6.07, 6.45) is 1.13. The summed E-state index contributed by atoms with van der Waals surface area (Å²) >= 11 is 0. The van der Waals surface area contributed by atoms with Gasteiger partial charge in [-0.3, -0.25) is 0 Å². The molecule has 1 aromatic carbocycles. The van der Waals surface area contributed by atoms with E-state index in [1.807, 2.05) is 0 Å². The van der Waals surface area contributed by atoms with Crippen LogP contribution in [0.4, 0.5) is 0 Å². The Bertz CT molecular complexity index is 385. The fraction of sp³-hybridized carbons (Fsp3) is 0.647. The predicted octanol–water partition coefficient (Wildman–Crippen LogP) is 3.19. The van der Waals surface area contributed by atoms with Gasteiger partial charge in [-0.05, 0) is 55.5 Å². The lowest BCUT2D eigenvalue weighted by Crippen LogP contribution is -2.30. The molecule has 2 nitrogen and oxygen atoms in total. The van der Waals surface area contributed by atoms with Gasteiger partial charge in [0.2, 0.25) is 0 Å². The molecule has 0 radical (unpaired) electrons. The molecule has 0 amide bonds. The van der Waals surface area contributed by atoms with Crippen molar-refractivity contribution in [3.05, 3.63) is 34.9 Å². The number of benzene rings is 1. The topological polar surface area (TPSA) is 29.3 Å². The number of nitrogens with two attached hydrogens (primary N) is 1. The van der Waals surface area contributed by atoms with Crippen LogP contribution < -0.4 is 5.73 Å². The summed E-state index contributed by atoms with van der Waals surface area (Å²) in [5.41, 5.74) is 10.0. The van der Waals surface area contributed by atoms with Gasteiger partial charge in [0.25, 0.3) is 0 Å². The van der Waals surface area contributed by atoms with Crippen molar-refractivity contribution in [3.63, 3.8) is 0 Å². The van der Waals surface area contributed by atoms with Crippen LogP contribution in [0, 0.1) is 12.8 Å². The first kappa shape index (κ1) is 16.2. The minimum atomic E-state index is 0.577. The third kappa shape index (κ3) is 5.33. The van der Waals surface area contributed by atoms with Crippen molar-refractivity contribution in [2.24, 2.45) is 11.7 Å².